The number of hydrogen-bond acceptors (Lipinski definition) is 2. The Morgan fingerprint density at radius 2 is 1.81 bits per heavy atom. The summed E-state index contributed by atoms with van der Waals surface area (Å²) in [5, 5.41) is 0. The highest BCUT2D eigenvalue weighted by Gasteiger charge is 2.26. The zero-order valence-electron chi connectivity index (χ0n) is 11.4. The molecule has 0 radical (unpaired) electrons. The van der Waals surface area contributed by atoms with Crippen molar-refractivity contribution >= 4 is 0 Å². The van der Waals surface area contributed by atoms with Crippen LogP contribution >= 0.6 is 0 Å². The number of hydrogen-bond donors (Lipinski definition) is 1. The first-order chi connectivity index (χ1) is 7.72. The van der Waals surface area contributed by atoms with Crippen molar-refractivity contribution in [3.05, 3.63) is 0 Å². The lowest BCUT2D eigenvalue weighted by Gasteiger charge is -2.39. The average Bonchev–Trinajstić information content (AvgIpc) is 2.31. The molecule has 1 aliphatic heterocycles. The Morgan fingerprint density at radius 1 is 1.19 bits per heavy atom. The Hall–Kier alpha value is -0.0800. The molecular weight excluding hydrogens is 196 g/mol. The molecule has 0 spiro atoms. The molecule has 1 fully saturated rings. The minimum Gasteiger partial charge on any atom is -0.326 e. The van der Waals surface area contributed by atoms with Crippen LogP contribution in [0.25, 0.3) is 0 Å². The maximum atomic E-state index is 6.30. The summed E-state index contributed by atoms with van der Waals surface area (Å²) in [6, 6.07) is 1.01. The van der Waals surface area contributed by atoms with Gasteiger partial charge < -0.3 is 5.73 Å². The van der Waals surface area contributed by atoms with E-state index < -0.39 is 0 Å². The van der Waals surface area contributed by atoms with Crippen molar-refractivity contribution in [3.63, 3.8) is 0 Å². The van der Waals surface area contributed by atoms with E-state index in [4.69, 9.17) is 5.73 Å². The summed E-state index contributed by atoms with van der Waals surface area (Å²) < 4.78 is 0. The summed E-state index contributed by atoms with van der Waals surface area (Å²) in [5.41, 5.74) is 6.30. The highest BCUT2D eigenvalue weighted by molar-refractivity contribution is 4.84. The lowest BCUT2D eigenvalue weighted by Crippen LogP contribution is -2.50. The van der Waals surface area contributed by atoms with Crippen LogP contribution in [0.3, 0.4) is 0 Å². The molecule has 2 nitrogen and oxygen atoms in total. The predicted octanol–water partition coefficient (Wildman–Crippen LogP) is 3.01. The van der Waals surface area contributed by atoms with Crippen LogP contribution in [0.5, 0.6) is 0 Å². The number of piperidine rings is 1. The lowest BCUT2D eigenvalue weighted by molar-refractivity contribution is 0.109. The van der Waals surface area contributed by atoms with Gasteiger partial charge in [0, 0.05) is 12.1 Å². The standard InChI is InChI=1S/C14H30N2/c1-4-7-13(15)14(6-3)16-10-8-12(5-2)9-11-16/h12-14H,4-11,15H2,1-3H3. The molecule has 1 aliphatic rings. The van der Waals surface area contributed by atoms with Gasteiger partial charge in [0.1, 0.15) is 0 Å². The van der Waals surface area contributed by atoms with E-state index in [1.807, 2.05) is 0 Å². The largest absolute Gasteiger partial charge is 0.326 e. The second kappa shape index (κ2) is 7.29. The third kappa shape index (κ3) is 3.74. The SMILES string of the molecule is CCCC(N)C(CC)N1CCC(CC)CC1. The van der Waals surface area contributed by atoms with E-state index >= 15 is 0 Å². The summed E-state index contributed by atoms with van der Waals surface area (Å²) in [4.78, 5) is 2.65. The van der Waals surface area contributed by atoms with Crippen LogP contribution in [0.2, 0.25) is 0 Å². The van der Waals surface area contributed by atoms with Gasteiger partial charge in [-0.3, -0.25) is 4.90 Å². The molecule has 2 atom stereocenters. The first-order valence-corrected chi connectivity index (χ1v) is 7.22. The molecule has 0 aromatic carbocycles. The zero-order chi connectivity index (χ0) is 12.0. The van der Waals surface area contributed by atoms with E-state index in [0.29, 0.717) is 12.1 Å². The molecule has 1 rings (SSSR count). The maximum absolute atomic E-state index is 6.30. The van der Waals surface area contributed by atoms with Gasteiger partial charge in [-0.1, -0.05) is 33.6 Å². The van der Waals surface area contributed by atoms with Crippen LogP contribution in [-0.2, 0) is 0 Å². The van der Waals surface area contributed by atoms with Gasteiger partial charge in [-0.2, -0.15) is 0 Å². The Labute approximate surface area is 102 Å². The number of rotatable bonds is 6. The van der Waals surface area contributed by atoms with Gasteiger partial charge in [-0.05, 0) is 44.7 Å². The van der Waals surface area contributed by atoms with Crippen LogP contribution in [-0.4, -0.2) is 30.1 Å². The Bertz CT molecular complexity index is 174. The second-order valence-corrected chi connectivity index (χ2v) is 5.32. The minimum absolute atomic E-state index is 0.383. The molecule has 0 saturated carbocycles. The summed E-state index contributed by atoms with van der Waals surface area (Å²) in [6.45, 7) is 9.38. The summed E-state index contributed by atoms with van der Waals surface area (Å²) in [6.07, 6.45) is 7.70. The smallest absolute Gasteiger partial charge is 0.0244 e. The fraction of sp³-hybridized carbons (Fsp3) is 1.00. The van der Waals surface area contributed by atoms with Crippen LogP contribution in [0.15, 0.2) is 0 Å². The van der Waals surface area contributed by atoms with Crippen molar-refractivity contribution in [3.8, 4) is 0 Å². The fourth-order valence-electron chi connectivity index (χ4n) is 3.05. The summed E-state index contributed by atoms with van der Waals surface area (Å²) in [7, 11) is 0. The van der Waals surface area contributed by atoms with Crippen molar-refractivity contribution in [2.24, 2.45) is 11.7 Å². The van der Waals surface area contributed by atoms with E-state index in [1.165, 1.54) is 51.6 Å². The lowest BCUT2D eigenvalue weighted by atomic mass is 9.91. The average molecular weight is 226 g/mol. The third-order valence-corrected chi connectivity index (χ3v) is 4.23. The molecule has 96 valence electrons. The molecule has 0 aromatic heterocycles. The van der Waals surface area contributed by atoms with Gasteiger partial charge in [0.2, 0.25) is 0 Å². The van der Waals surface area contributed by atoms with Gasteiger partial charge >= 0.3 is 0 Å². The van der Waals surface area contributed by atoms with E-state index in [1.54, 1.807) is 0 Å². The number of nitrogens with two attached hydrogens (primary N) is 1. The van der Waals surface area contributed by atoms with E-state index in [2.05, 4.69) is 25.7 Å². The van der Waals surface area contributed by atoms with Crippen molar-refractivity contribution < 1.29 is 0 Å². The highest BCUT2D eigenvalue weighted by atomic mass is 15.2. The number of nitrogens with zero attached hydrogens (tertiary/aromatic N) is 1. The second-order valence-electron chi connectivity index (χ2n) is 5.32. The third-order valence-electron chi connectivity index (χ3n) is 4.23. The fourth-order valence-corrected chi connectivity index (χ4v) is 3.05. The van der Waals surface area contributed by atoms with Crippen LogP contribution in [0, 0.1) is 5.92 Å². The quantitative estimate of drug-likeness (QED) is 0.754. The molecule has 0 aliphatic carbocycles. The maximum Gasteiger partial charge on any atom is 0.0244 e. The van der Waals surface area contributed by atoms with E-state index in [0.717, 1.165) is 5.92 Å². The predicted molar refractivity (Wildman–Crippen MR) is 71.6 cm³/mol. The topological polar surface area (TPSA) is 29.3 Å². The first-order valence-electron chi connectivity index (χ1n) is 7.22. The van der Waals surface area contributed by atoms with Crippen molar-refractivity contribution in [2.45, 2.75) is 71.4 Å². The zero-order valence-corrected chi connectivity index (χ0v) is 11.4. The molecule has 16 heavy (non-hydrogen) atoms. The van der Waals surface area contributed by atoms with Crippen LogP contribution < -0.4 is 5.73 Å². The van der Waals surface area contributed by atoms with Crippen LogP contribution in [0.4, 0.5) is 0 Å². The van der Waals surface area contributed by atoms with Gasteiger partial charge in [0.25, 0.3) is 0 Å². The highest BCUT2D eigenvalue weighted by Crippen LogP contribution is 2.23. The monoisotopic (exact) mass is 226 g/mol. The van der Waals surface area contributed by atoms with Gasteiger partial charge in [0.05, 0.1) is 0 Å². The molecule has 2 unspecified atom stereocenters. The molecular formula is C14H30N2. The summed E-state index contributed by atoms with van der Waals surface area (Å²) >= 11 is 0. The molecule has 0 aromatic rings. The molecule has 0 amide bonds. The van der Waals surface area contributed by atoms with Crippen LogP contribution in [0.1, 0.15) is 59.3 Å². The van der Waals surface area contributed by atoms with E-state index in [9.17, 15) is 0 Å². The molecule has 2 heteroatoms. The van der Waals surface area contributed by atoms with Gasteiger partial charge in [-0.25, -0.2) is 0 Å². The Balaban J connectivity index is 2.42. The molecule has 2 N–H and O–H groups in total. The van der Waals surface area contributed by atoms with Crippen molar-refractivity contribution in [1.29, 1.82) is 0 Å². The Morgan fingerprint density at radius 3 is 2.25 bits per heavy atom. The normalized spacial score (nSPS) is 23.2. The Kier molecular flexibility index (Phi) is 6.37. The molecule has 1 heterocycles. The number of likely N-dealkylation sites (tertiary alicyclic amines) is 1. The van der Waals surface area contributed by atoms with E-state index in [-0.39, 0.29) is 0 Å². The molecule has 0 bridgehead atoms. The first kappa shape index (κ1) is 14.0. The van der Waals surface area contributed by atoms with Gasteiger partial charge in [0.15, 0.2) is 0 Å². The van der Waals surface area contributed by atoms with Crippen molar-refractivity contribution in [1.82, 2.24) is 4.90 Å². The van der Waals surface area contributed by atoms with Gasteiger partial charge in [-0.15, -0.1) is 0 Å². The van der Waals surface area contributed by atoms with Crippen molar-refractivity contribution in [2.75, 3.05) is 13.1 Å². The molecule has 1 saturated heterocycles. The minimum atomic E-state index is 0.383. The summed E-state index contributed by atoms with van der Waals surface area (Å²) in [5.74, 6) is 0.969.